The van der Waals surface area contributed by atoms with E-state index in [0.29, 0.717) is 12.6 Å². The van der Waals surface area contributed by atoms with Crippen molar-refractivity contribution in [3.63, 3.8) is 0 Å². The summed E-state index contributed by atoms with van der Waals surface area (Å²) in [6.45, 7) is 1.63. The Morgan fingerprint density at radius 1 is 0.696 bits per heavy atom. The first-order chi connectivity index (χ1) is 11.3. The normalized spacial score (nSPS) is 22.7. The smallest absolute Gasteiger partial charge is 0.0177 e. The monoisotopic (exact) mass is 325 g/mol. The maximum absolute atomic E-state index is 6.10. The van der Waals surface area contributed by atoms with Gasteiger partial charge in [0.1, 0.15) is 0 Å². The minimum absolute atomic E-state index is 0.223. The topological polar surface area (TPSA) is 64.1 Å². The predicted octanol–water partition coefficient (Wildman–Crippen LogP) is 4.49. The van der Waals surface area contributed by atoms with Crippen molar-refractivity contribution in [1.82, 2.24) is 5.32 Å². The molecule has 0 spiro atoms. The fourth-order valence-electron chi connectivity index (χ4n) is 3.71. The van der Waals surface area contributed by atoms with Crippen LogP contribution in [0, 0.1) is 0 Å². The molecule has 0 radical (unpaired) electrons. The highest BCUT2D eigenvalue weighted by Gasteiger charge is 2.10. The summed E-state index contributed by atoms with van der Waals surface area (Å²) in [4.78, 5) is 0. The lowest BCUT2D eigenvalue weighted by atomic mass is 9.98. The Kier molecular flexibility index (Phi) is 14.0. The van der Waals surface area contributed by atoms with Gasteiger partial charge in [-0.25, -0.2) is 0 Å². The lowest BCUT2D eigenvalue weighted by Gasteiger charge is -2.21. The van der Waals surface area contributed by atoms with Crippen LogP contribution in [-0.2, 0) is 0 Å². The summed E-state index contributed by atoms with van der Waals surface area (Å²) in [6, 6.07) is 0.895. The molecule has 3 nitrogen and oxygen atoms in total. The molecule has 1 aliphatic carbocycles. The molecule has 0 aromatic carbocycles. The van der Waals surface area contributed by atoms with Gasteiger partial charge in [-0.05, 0) is 25.8 Å². The van der Waals surface area contributed by atoms with Gasteiger partial charge in [0, 0.05) is 18.6 Å². The van der Waals surface area contributed by atoms with E-state index in [1.165, 1.54) is 96.3 Å². The summed E-state index contributed by atoms with van der Waals surface area (Å²) < 4.78 is 0. The van der Waals surface area contributed by atoms with Crippen molar-refractivity contribution in [3.8, 4) is 0 Å². The Balaban J connectivity index is 2.26. The van der Waals surface area contributed by atoms with Crippen LogP contribution in [0.2, 0.25) is 0 Å². The second-order valence-corrected chi connectivity index (χ2v) is 7.62. The fourth-order valence-corrected chi connectivity index (χ4v) is 3.71. The molecule has 1 atom stereocenters. The number of nitrogens with two attached hydrogens (primary N) is 2. The largest absolute Gasteiger partial charge is 0.330 e. The molecule has 0 aliphatic heterocycles. The molecule has 0 saturated heterocycles. The number of nitrogens with one attached hydrogen (secondary N) is 1. The molecule has 23 heavy (non-hydrogen) atoms. The van der Waals surface area contributed by atoms with Gasteiger partial charge in [-0.2, -0.15) is 0 Å². The molecule has 1 unspecified atom stereocenters. The average Bonchev–Trinajstić information content (AvgIpc) is 2.54. The lowest BCUT2D eigenvalue weighted by Crippen LogP contribution is -2.40. The first-order valence-corrected chi connectivity index (χ1v) is 10.5. The molecule has 0 amide bonds. The third-order valence-electron chi connectivity index (χ3n) is 5.31. The van der Waals surface area contributed by atoms with Crippen LogP contribution in [-0.4, -0.2) is 25.2 Å². The van der Waals surface area contributed by atoms with Gasteiger partial charge >= 0.3 is 0 Å². The first-order valence-electron chi connectivity index (χ1n) is 10.5. The predicted molar refractivity (Wildman–Crippen MR) is 103 cm³/mol. The molecule has 1 aliphatic rings. The summed E-state index contributed by atoms with van der Waals surface area (Å²) in [5.74, 6) is 0. The van der Waals surface area contributed by atoms with Crippen LogP contribution in [0.5, 0.6) is 0 Å². The number of rotatable bonds is 5. The van der Waals surface area contributed by atoms with Crippen LogP contribution in [0.3, 0.4) is 0 Å². The Morgan fingerprint density at radius 2 is 1.09 bits per heavy atom. The molecule has 0 heterocycles. The van der Waals surface area contributed by atoms with E-state index in [-0.39, 0.29) is 6.04 Å². The molecule has 0 aromatic rings. The van der Waals surface area contributed by atoms with Gasteiger partial charge in [0.05, 0.1) is 0 Å². The van der Waals surface area contributed by atoms with Crippen molar-refractivity contribution in [3.05, 3.63) is 0 Å². The van der Waals surface area contributed by atoms with E-state index < -0.39 is 0 Å². The summed E-state index contributed by atoms with van der Waals surface area (Å²) in [5, 5.41) is 3.73. The zero-order valence-electron chi connectivity index (χ0n) is 15.5. The third-order valence-corrected chi connectivity index (χ3v) is 5.31. The zero-order chi connectivity index (χ0) is 16.6. The van der Waals surface area contributed by atoms with Crippen molar-refractivity contribution in [1.29, 1.82) is 0 Å². The molecule has 1 rings (SSSR count). The van der Waals surface area contributed by atoms with E-state index in [0.717, 1.165) is 13.0 Å². The Morgan fingerprint density at radius 3 is 1.48 bits per heavy atom. The van der Waals surface area contributed by atoms with Gasteiger partial charge in [-0.3, -0.25) is 0 Å². The quantitative estimate of drug-likeness (QED) is 0.698. The molecule has 3 heteroatoms. The summed E-state index contributed by atoms with van der Waals surface area (Å²) in [6.07, 6.45) is 22.2. The second-order valence-electron chi connectivity index (χ2n) is 7.62. The van der Waals surface area contributed by atoms with Crippen molar-refractivity contribution in [2.24, 2.45) is 11.5 Å². The summed E-state index contributed by atoms with van der Waals surface area (Å²) >= 11 is 0. The average molecular weight is 326 g/mol. The number of hydrogen-bond donors (Lipinski definition) is 3. The van der Waals surface area contributed by atoms with Crippen LogP contribution in [0.1, 0.15) is 103 Å². The van der Waals surface area contributed by atoms with Crippen LogP contribution in [0.4, 0.5) is 0 Å². The Hall–Kier alpha value is -0.120. The Labute approximate surface area is 145 Å². The van der Waals surface area contributed by atoms with Crippen molar-refractivity contribution in [2.45, 2.75) is 115 Å². The molecule has 0 aromatic heterocycles. The molecule has 1 fully saturated rings. The van der Waals surface area contributed by atoms with Gasteiger partial charge in [0.25, 0.3) is 0 Å². The molecule has 0 bridgehead atoms. The highest BCUT2D eigenvalue weighted by Crippen LogP contribution is 2.17. The standard InChI is InChI=1S/C20H43N3/c21-17-16-19(22)18-23-20-14-12-10-8-6-4-2-1-3-5-7-9-11-13-15-20/h19-20,23H,1-18,21-22H2. The molecule has 1 saturated carbocycles. The van der Waals surface area contributed by atoms with Crippen molar-refractivity contribution in [2.75, 3.05) is 13.1 Å². The summed E-state index contributed by atoms with van der Waals surface area (Å²) in [7, 11) is 0. The van der Waals surface area contributed by atoms with Crippen molar-refractivity contribution >= 4 is 0 Å². The SMILES string of the molecule is NCCC(N)CNC1CCCCCCCCCCCCCCC1. The van der Waals surface area contributed by atoms with Gasteiger partial charge in [0.15, 0.2) is 0 Å². The van der Waals surface area contributed by atoms with E-state index in [9.17, 15) is 0 Å². The van der Waals surface area contributed by atoms with Crippen molar-refractivity contribution < 1.29 is 0 Å². The van der Waals surface area contributed by atoms with Gasteiger partial charge in [-0.15, -0.1) is 0 Å². The molecular formula is C20H43N3. The van der Waals surface area contributed by atoms with E-state index in [1.807, 2.05) is 0 Å². The second kappa shape index (κ2) is 15.4. The molecular weight excluding hydrogens is 282 g/mol. The molecule has 5 N–H and O–H groups in total. The van der Waals surface area contributed by atoms with Gasteiger partial charge in [-0.1, -0.05) is 83.5 Å². The minimum atomic E-state index is 0.223. The van der Waals surface area contributed by atoms with E-state index >= 15 is 0 Å². The van der Waals surface area contributed by atoms with Crippen LogP contribution in [0.15, 0.2) is 0 Å². The van der Waals surface area contributed by atoms with Crippen LogP contribution in [0.25, 0.3) is 0 Å². The highest BCUT2D eigenvalue weighted by molar-refractivity contribution is 4.72. The van der Waals surface area contributed by atoms with Gasteiger partial charge in [0.2, 0.25) is 0 Å². The van der Waals surface area contributed by atoms with Crippen LogP contribution >= 0.6 is 0 Å². The third kappa shape index (κ3) is 12.9. The Bertz CT molecular complexity index is 229. The highest BCUT2D eigenvalue weighted by atomic mass is 14.9. The number of hydrogen-bond acceptors (Lipinski definition) is 3. The van der Waals surface area contributed by atoms with E-state index in [2.05, 4.69) is 5.32 Å². The van der Waals surface area contributed by atoms with Gasteiger partial charge < -0.3 is 16.8 Å². The van der Waals surface area contributed by atoms with Crippen LogP contribution < -0.4 is 16.8 Å². The van der Waals surface area contributed by atoms with E-state index in [1.54, 1.807) is 0 Å². The van der Waals surface area contributed by atoms with E-state index in [4.69, 9.17) is 11.5 Å². The fraction of sp³-hybridized carbons (Fsp3) is 1.00. The maximum atomic E-state index is 6.10. The maximum Gasteiger partial charge on any atom is 0.0177 e. The minimum Gasteiger partial charge on any atom is -0.330 e. The summed E-state index contributed by atoms with van der Waals surface area (Å²) in [5.41, 5.74) is 11.7. The zero-order valence-corrected chi connectivity index (χ0v) is 15.5. The first kappa shape index (κ1) is 20.9. The molecule has 138 valence electrons. The lowest BCUT2D eigenvalue weighted by molar-refractivity contribution is 0.393.